The largest absolute Gasteiger partial charge is 0.325 e. The number of benzene rings is 2. The number of anilines is 1. The summed E-state index contributed by atoms with van der Waals surface area (Å²) < 4.78 is 13.4. The highest BCUT2D eigenvalue weighted by Crippen LogP contribution is 2.26. The standard InChI is InChI=1S/C15H13FN2O3S/c1-10-12(6-4-7-13(10)18(20)21)17-15(19)9-22-14-8-3-2-5-11(14)16/h2-8H,9H2,1H3,(H,17,19). The molecule has 0 fully saturated rings. The highest BCUT2D eigenvalue weighted by molar-refractivity contribution is 8.00. The molecule has 22 heavy (non-hydrogen) atoms. The maximum Gasteiger partial charge on any atom is 0.274 e. The van der Waals surface area contributed by atoms with Crippen LogP contribution in [0, 0.1) is 22.9 Å². The number of halogens is 1. The summed E-state index contributed by atoms with van der Waals surface area (Å²) in [5.41, 5.74) is 0.713. The summed E-state index contributed by atoms with van der Waals surface area (Å²) in [5.74, 6) is -0.716. The van der Waals surface area contributed by atoms with Crippen LogP contribution in [0.3, 0.4) is 0 Å². The van der Waals surface area contributed by atoms with Crippen LogP contribution in [0.2, 0.25) is 0 Å². The highest BCUT2D eigenvalue weighted by atomic mass is 32.2. The second-order valence-corrected chi connectivity index (χ2v) is 5.49. The van der Waals surface area contributed by atoms with Crippen molar-refractivity contribution in [1.82, 2.24) is 0 Å². The number of thioether (sulfide) groups is 1. The monoisotopic (exact) mass is 320 g/mol. The zero-order valence-electron chi connectivity index (χ0n) is 11.7. The lowest BCUT2D eigenvalue weighted by Crippen LogP contribution is -2.15. The SMILES string of the molecule is Cc1c(NC(=O)CSc2ccccc2F)cccc1[N+](=O)[O-]. The highest BCUT2D eigenvalue weighted by Gasteiger charge is 2.15. The molecule has 0 atom stereocenters. The summed E-state index contributed by atoms with van der Waals surface area (Å²) in [6.45, 7) is 1.57. The molecule has 0 unspecified atom stereocenters. The number of nitro benzene ring substituents is 1. The van der Waals surface area contributed by atoms with Gasteiger partial charge in [-0.15, -0.1) is 11.8 Å². The molecule has 2 aromatic rings. The smallest absolute Gasteiger partial charge is 0.274 e. The van der Waals surface area contributed by atoms with E-state index >= 15 is 0 Å². The van der Waals surface area contributed by atoms with E-state index in [-0.39, 0.29) is 23.2 Å². The summed E-state index contributed by atoms with van der Waals surface area (Å²) in [7, 11) is 0. The Hall–Kier alpha value is -2.41. The Kier molecular flexibility index (Phi) is 5.11. The average Bonchev–Trinajstić information content (AvgIpc) is 2.48. The molecule has 0 radical (unpaired) electrons. The van der Waals surface area contributed by atoms with Crippen molar-refractivity contribution in [2.24, 2.45) is 0 Å². The number of amides is 1. The van der Waals surface area contributed by atoms with Gasteiger partial charge in [0.15, 0.2) is 0 Å². The molecule has 0 aromatic heterocycles. The minimum absolute atomic E-state index is 0.0169. The topological polar surface area (TPSA) is 72.2 Å². The molecule has 0 aliphatic carbocycles. The lowest BCUT2D eigenvalue weighted by molar-refractivity contribution is -0.385. The molecule has 1 amide bonds. The predicted octanol–water partition coefficient (Wildman–Crippen LogP) is 3.77. The number of hydrogen-bond donors (Lipinski definition) is 1. The van der Waals surface area contributed by atoms with Gasteiger partial charge in [-0.25, -0.2) is 4.39 Å². The van der Waals surface area contributed by atoms with Crippen LogP contribution < -0.4 is 5.32 Å². The Morgan fingerprint density at radius 1 is 1.27 bits per heavy atom. The van der Waals surface area contributed by atoms with Gasteiger partial charge in [0, 0.05) is 11.0 Å². The molecule has 0 spiro atoms. The van der Waals surface area contributed by atoms with Crippen LogP contribution in [0.5, 0.6) is 0 Å². The van der Waals surface area contributed by atoms with Crippen molar-refractivity contribution in [1.29, 1.82) is 0 Å². The number of carbonyl (C=O) groups excluding carboxylic acids is 1. The van der Waals surface area contributed by atoms with E-state index in [1.165, 1.54) is 18.2 Å². The molecule has 0 saturated carbocycles. The first-order valence-electron chi connectivity index (χ1n) is 6.40. The summed E-state index contributed by atoms with van der Waals surface area (Å²) >= 11 is 1.07. The summed E-state index contributed by atoms with van der Waals surface area (Å²) in [6.07, 6.45) is 0. The van der Waals surface area contributed by atoms with Crippen LogP contribution in [0.25, 0.3) is 0 Å². The third-order valence-corrected chi connectivity index (χ3v) is 4.02. The van der Waals surface area contributed by atoms with Crippen molar-refractivity contribution in [2.45, 2.75) is 11.8 Å². The second kappa shape index (κ2) is 7.04. The number of carbonyl (C=O) groups is 1. The van der Waals surface area contributed by atoms with Crippen LogP contribution in [0.15, 0.2) is 47.4 Å². The molecule has 7 heteroatoms. The van der Waals surface area contributed by atoms with E-state index in [9.17, 15) is 19.3 Å². The molecule has 0 bridgehead atoms. The number of hydrogen-bond acceptors (Lipinski definition) is 4. The molecule has 0 aliphatic heterocycles. The second-order valence-electron chi connectivity index (χ2n) is 4.47. The zero-order chi connectivity index (χ0) is 16.1. The van der Waals surface area contributed by atoms with Crippen molar-refractivity contribution in [3.63, 3.8) is 0 Å². The normalized spacial score (nSPS) is 10.3. The van der Waals surface area contributed by atoms with Gasteiger partial charge >= 0.3 is 0 Å². The summed E-state index contributed by atoms with van der Waals surface area (Å²) in [4.78, 5) is 22.6. The molecule has 0 saturated heterocycles. The van der Waals surface area contributed by atoms with Crippen molar-refractivity contribution < 1.29 is 14.1 Å². The first-order valence-corrected chi connectivity index (χ1v) is 7.39. The Balaban J connectivity index is 2.02. The van der Waals surface area contributed by atoms with Crippen molar-refractivity contribution in [2.75, 3.05) is 11.1 Å². The quantitative estimate of drug-likeness (QED) is 0.517. The summed E-state index contributed by atoms with van der Waals surface area (Å²) in [5, 5.41) is 13.5. The fraction of sp³-hybridized carbons (Fsp3) is 0.133. The minimum Gasteiger partial charge on any atom is -0.325 e. The predicted molar refractivity (Wildman–Crippen MR) is 83.6 cm³/mol. The van der Waals surface area contributed by atoms with Gasteiger partial charge in [0.1, 0.15) is 5.82 Å². The Bertz CT molecular complexity index is 722. The van der Waals surface area contributed by atoms with E-state index in [4.69, 9.17) is 0 Å². The molecule has 2 aromatic carbocycles. The van der Waals surface area contributed by atoms with Crippen molar-refractivity contribution in [3.8, 4) is 0 Å². The van der Waals surface area contributed by atoms with Crippen LogP contribution >= 0.6 is 11.8 Å². The Labute approximate surface area is 130 Å². The number of rotatable bonds is 5. The van der Waals surface area contributed by atoms with E-state index in [1.807, 2.05) is 0 Å². The molecule has 0 heterocycles. The van der Waals surface area contributed by atoms with Gasteiger partial charge in [-0.3, -0.25) is 14.9 Å². The first-order chi connectivity index (χ1) is 10.5. The van der Waals surface area contributed by atoms with Crippen LogP contribution in [-0.2, 0) is 4.79 Å². The fourth-order valence-electron chi connectivity index (χ4n) is 1.85. The zero-order valence-corrected chi connectivity index (χ0v) is 12.5. The minimum atomic E-state index is -0.501. The van der Waals surface area contributed by atoms with Crippen molar-refractivity contribution >= 4 is 29.0 Å². The van der Waals surface area contributed by atoms with Gasteiger partial charge in [-0.05, 0) is 25.1 Å². The van der Waals surface area contributed by atoms with E-state index in [1.54, 1.807) is 31.2 Å². The van der Waals surface area contributed by atoms with Gasteiger partial charge in [-0.1, -0.05) is 18.2 Å². The maximum atomic E-state index is 13.4. The molecular weight excluding hydrogens is 307 g/mol. The average molecular weight is 320 g/mol. The Morgan fingerprint density at radius 2 is 2.00 bits per heavy atom. The third kappa shape index (κ3) is 3.82. The van der Waals surface area contributed by atoms with E-state index in [0.29, 0.717) is 16.1 Å². The van der Waals surface area contributed by atoms with Crippen LogP contribution in [0.1, 0.15) is 5.56 Å². The van der Waals surface area contributed by atoms with E-state index in [0.717, 1.165) is 11.8 Å². The maximum absolute atomic E-state index is 13.4. The number of nitro groups is 1. The number of nitrogens with one attached hydrogen (secondary N) is 1. The molecule has 5 nitrogen and oxygen atoms in total. The van der Waals surface area contributed by atoms with Gasteiger partial charge in [0.05, 0.1) is 21.9 Å². The van der Waals surface area contributed by atoms with Gasteiger partial charge in [-0.2, -0.15) is 0 Å². The van der Waals surface area contributed by atoms with Gasteiger partial charge in [0.25, 0.3) is 5.69 Å². The lowest BCUT2D eigenvalue weighted by Gasteiger charge is -2.08. The van der Waals surface area contributed by atoms with Gasteiger partial charge < -0.3 is 5.32 Å². The number of nitrogens with zero attached hydrogens (tertiary/aromatic N) is 1. The lowest BCUT2D eigenvalue weighted by atomic mass is 10.1. The van der Waals surface area contributed by atoms with E-state index < -0.39 is 4.92 Å². The van der Waals surface area contributed by atoms with Gasteiger partial charge in [0.2, 0.25) is 5.91 Å². The molecule has 114 valence electrons. The first kappa shape index (κ1) is 16.0. The molecule has 2 rings (SSSR count). The van der Waals surface area contributed by atoms with Crippen LogP contribution in [-0.4, -0.2) is 16.6 Å². The molecule has 0 aliphatic rings. The Morgan fingerprint density at radius 3 is 2.68 bits per heavy atom. The molecular formula is C15H13FN2O3S. The van der Waals surface area contributed by atoms with E-state index in [2.05, 4.69) is 5.32 Å². The fourth-order valence-corrected chi connectivity index (χ4v) is 2.59. The molecule has 1 N–H and O–H groups in total. The third-order valence-electron chi connectivity index (χ3n) is 2.97. The van der Waals surface area contributed by atoms with Crippen molar-refractivity contribution in [3.05, 3.63) is 64.0 Å². The summed E-state index contributed by atoms with van der Waals surface area (Å²) in [6, 6.07) is 10.6. The van der Waals surface area contributed by atoms with Crippen LogP contribution in [0.4, 0.5) is 15.8 Å².